The van der Waals surface area contributed by atoms with Crippen LogP contribution in [0.15, 0.2) is 83.8 Å². The summed E-state index contributed by atoms with van der Waals surface area (Å²) in [4.78, 5) is 25.4. The first-order valence-electron chi connectivity index (χ1n) is 10.3. The zero-order valence-corrected chi connectivity index (χ0v) is 18.6. The van der Waals surface area contributed by atoms with Crippen LogP contribution in [0.4, 0.5) is 11.4 Å². The molecule has 4 rings (SSSR count). The molecule has 0 aromatic heterocycles. The van der Waals surface area contributed by atoms with Gasteiger partial charge in [0.05, 0.1) is 35.0 Å². The number of carbonyl (C=O) groups is 2. The number of nitrogens with zero attached hydrogens (tertiary/aromatic N) is 1. The van der Waals surface area contributed by atoms with E-state index >= 15 is 0 Å². The summed E-state index contributed by atoms with van der Waals surface area (Å²) in [5.74, 6) is -0.895. The van der Waals surface area contributed by atoms with Gasteiger partial charge < -0.3 is 14.8 Å². The number of fused-ring (bicyclic) bond motifs is 1. The molecule has 0 fully saturated rings. The normalized spacial score (nSPS) is 15.2. The van der Waals surface area contributed by atoms with Gasteiger partial charge in [0.2, 0.25) is 0 Å². The molecule has 3 aromatic rings. The van der Waals surface area contributed by atoms with E-state index in [1.54, 1.807) is 67.6 Å². The van der Waals surface area contributed by atoms with Crippen LogP contribution < -0.4 is 14.4 Å². The maximum Gasteiger partial charge on any atom is 0.340 e. The highest BCUT2D eigenvalue weighted by Crippen LogP contribution is 2.37. The van der Waals surface area contributed by atoms with Gasteiger partial charge in [-0.2, -0.15) is 0 Å². The van der Waals surface area contributed by atoms with Crippen molar-refractivity contribution in [3.63, 3.8) is 0 Å². The number of hydrogen-bond acceptors (Lipinski definition) is 6. The van der Waals surface area contributed by atoms with Crippen molar-refractivity contribution in [2.75, 3.05) is 22.8 Å². The smallest absolute Gasteiger partial charge is 0.340 e. The van der Waals surface area contributed by atoms with Gasteiger partial charge in [-0.1, -0.05) is 42.5 Å². The average molecular weight is 467 g/mol. The number of sulfonamides is 1. The molecule has 0 saturated carbocycles. The van der Waals surface area contributed by atoms with Gasteiger partial charge in [-0.15, -0.1) is 0 Å². The molecule has 1 unspecified atom stereocenters. The first kappa shape index (κ1) is 22.3. The lowest BCUT2D eigenvalue weighted by molar-refractivity contribution is -0.122. The second-order valence-corrected chi connectivity index (χ2v) is 9.04. The van der Waals surface area contributed by atoms with Crippen molar-refractivity contribution < 1.29 is 27.5 Å². The summed E-state index contributed by atoms with van der Waals surface area (Å²) < 4.78 is 38.8. The first-order valence-corrected chi connectivity index (χ1v) is 11.8. The standard InChI is InChI=1S/C24H22N2O6S/c1-2-31-24(28)18-12-6-7-13-19(18)25-23(27)22-16-26(20-14-8-9-15-21(20)32-22)33(29,30)17-10-4-3-5-11-17/h3-15,22H,2,16H2,1H3,(H,25,27). The minimum Gasteiger partial charge on any atom is -0.476 e. The van der Waals surface area contributed by atoms with E-state index < -0.39 is 28.0 Å². The second kappa shape index (κ2) is 9.33. The van der Waals surface area contributed by atoms with Crippen molar-refractivity contribution in [1.82, 2.24) is 0 Å². The molecular formula is C24H22N2O6S. The second-order valence-electron chi connectivity index (χ2n) is 7.18. The van der Waals surface area contributed by atoms with Gasteiger partial charge in [-0.3, -0.25) is 9.10 Å². The third kappa shape index (κ3) is 4.54. The van der Waals surface area contributed by atoms with Crippen molar-refractivity contribution in [3.8, 4) is 5.75 Å². The summed E-state index contributed by atoms with van der Waals surface area (Å²) in [5, 5.41) is 2.68. The predicted octanol–water partition coefficient (Wildman–Crippen LogP) is 3.46. The molecule has 9 heteroatoms. The molecule has 1 N–H and O–H groups in total. The molecule has 0 aliphatic carbocycles. The molecule has 0 saturated heterocycles. The molecule has 1 aliphatic heterocycles. The molecule has 1 atom stereocenters. The zero-order chi connectivity index (χ0) is 23.4. The molecule has 1 amide bonds. The van der Waals surface area contributed by atoms with Crippen molar-refractivity contribution in [3.05, 3.63) is 84.4 Å². The number of carbonyl (C=O) groups excluding carboxylic acids is 2. The fourth-order valence-corrected chi connectivity index (χ4v) is 4.98. The molecule has 0 radical (unpaired) electrons. The van der Waals surface area contributed by atoms with E-state index in [-0.39, 0.29) is 35.0 Å². The van der Waals surface area contributed by atoms with Crippen molar-refractivity contribution in [1.29, 1.82) is 0 Å². The number of anilines is 2. The van der Waals surface area contributed by atoms with E-state index in [0.717, 1.165) is 0 Å². The topological polar surface area (TPSA) is 102 Å². The molecular weight excluding hydrogens is 444 g/mol. The van der Waals surface area contributed by atoms with Gasteiger partial charge in [0, 0.05) is 0 Å². The molecule has 33 heavy (non-hydrogen) atoms. The lowest BCUT2D eigenvalue weighted by Crippen LogP contribution is -2.48. The Bertz CT molecular complexity index is 1280. The largest absolute Gasteiger partial charge is 0.476 e. The Morgan fingerprint density at radius 2 is 1.67 bits per heavy atom. The van der Waals surface area contributed by atoms with Crippen LogP contribution in [0.2, 0.25) is 0 Å². The number of ether oxygens (including phenoxy) is 2. The summed E-state index contributed by atoms with van der Waals surface area (Å²) in [5.41, 5.74) is 0.788. The summed E-state index contributed by atoms with van der Waals surface area (Å²) >= 11 is 0. The van der Waals surface area contributed by atoms with Crippen LogP contribution in [0.1, 0.15) is 17.3 Å². The minimum absolute atomic E-state index is 0.105. The fraction of sp³-hybridized carbons (Fsp3) is 0.167. The Morgan fingerprint density at radius 3 is 2.42 bits per heavy atom. The summed E-state index contributed by atoms with van der Waals surface area (Å²) in [6, 6.07) is 21.1. The van der Waals surface area contributed by atoms with Crippen LogP contribution in [0.3, 0.4) is 0 Å². The van der Waals surface area contributed by atoms with Crippen molar-refractivity contribution >= 4 is 33.3 Å². The van der Waals surface area contributed by atoms with Crippen LogP contribution in [0.25, 0.3) is 0 Å². The van der Waals surface area contributed by atoms with E-state index in [4.69, 9.17) is 9.47 Å². The van der Waals surface area contributed by atoms with Gasteiger partial charge >= 0.3 is 5.97 Å². The highest BCUT2D eigenvalue weighted by Gasteiger charge is 2.37. The molecule has 3 aromatic carbocycles. The summed E-state index contributed by atoms with van der Waals surface area (Å²) in [6.45, 7) is 1.64. The summed E-state index contributed by atoms with van der Waals surface area (Å²) in [6.07, 6.45) is -1.14. The Morgan fingerprint density at radius 1 is 1.00 bits per heavy atom. The minimum atomic E-state index is -3.94. The van der Waals surface area contributed by atoms with Crippen LogP contribution >= 0.6 is 0 Å². The predicted molar refractivity (Wildman–Crippen MR) is 123 cm³/mol. The molecule has 8 nitrogen and oxygen atoms in total. The van der Waals surface area contributed by atoms with Crippen molar-refractivity contribution in [2.24, 2.45) is 0 Å². The average Bonchev–Trinajstić information content (AvgIpc) is 2.84. The first-order chi connectivity index (χ1) is 15.9. The Kier molecular flexibility index (Phi) is 6.32. The number of amides is 1. The Balaban J connectivity index is 1.64. The van der Waals surface area contributed by atoms with E-state index in [2.05, 4.69) is 5.32 Å². The molecule has 1 heterocycles. The van der Waals surface area contributed by atoms with Gasteiger partial charge in [0.25, 0.3) is 15.9 Å². The highest BCUT2D eigenvalue weighted by atomic mass is 32.2. The maximum absolute atomic E-state index is 13.4. The Labute approximate surface area is 191 Å². The van der Waals surface area contributed by atoms with E-state index in [1.165, 1.54) is 22.5 Å². The molecule has 1 aliphatic rings. The number of rotatable bonds is 6. The quantitative estimate of drug-likeness (QED) is 0.559. The highest BCUT2D eigenvalue weighted by molar-refractivity contribution is 7.92. The number of para-hydroxylation sites is 3. The molecule has 0 spiro atoms. The van der Waals surface area contributed by atoms with Gasteiger partial charge in [-0.05, 0) is 43.3 Å². The SMILES string of the molecule is CCOC(=O)c1ccccc1NC(=O)C1CN(S(=O)(=O)c2ccccc2)c2ccccc2O1. The Hall–Kier alpha value is -3.85. The van der Waals surface area contributed by atoms with Crippen molar-refractivity contribution in [2.45, 2.75) is 17.9 Å². The zero-order valence-electron chi connectivity index (χ0n) is 17.8. The lowest BCUT2D eigenvalue weighted by atomic mass is 10.1. The van der Waals surface area contributed by atoms with E-state index in [0.29, 0.717) is 5.69 Å². The maximum atomic E-state index is 13.4. The van der Waals surface area contributed by atoms with Crippen LogP contribution in [-0.4, -0.2) is 39.5 Å². The van der Waals surface area contributed by atoms with Gasteiger partial charge in [0.1, 0.15) is 5.75 Å². The van der Waals surface area contributed by atoms with Crippen LogP contribution in [-0.2, 0) is 19.6 Å². The monoisotopic (exact) mass is 466 g/mol. The number of hydrogen-bond donors (Lipinski definition) is 1. The van der Waals surface area contributed by atoms with E-state index in [1.807, 2.05) is 0 Å². The summed E-state index contributed by atoms with van der Waals surface area (Å²) in [7, 11) is -3.94. The van der Waals surface area contributed by atoms with Gasteiger partial charge in [-0.25, -0.2) is 13.2 Å². The van der Waals surface area contributed by atoms with Crippen LogP contribution in [0.5, 0.6) is 5.75 Å². The lowest BCUT2D eigenvalue weighted by Gasteiger charge is -2.34. The van der Waals surface area contributed by atoms with Crippen LogP contribution in [0, 0.1) is 0 Å². The number of nitrogens with one attached hydrogen (secondary N) is 1. The number of esters is 1. The van der Waals surface area contributed by atoms with Gasteiger partial charge in [0.15, 0.2) is 6.10 Å². The molecule has 0 bridgehead atoms. The fourth-order valence-electron chi connectivity index (χ4n) is 3.48. The van der Waals surface area contributed by atoms with E-state index in [9.17, 15) is 18.0 Å². The number of benzene rings is 3. The third-order valence-corrected chi connectivity index (χ3v) is 6.83. The molecule has 170 valence electrons. The third-order valence-electron chi connectivity index (χ3n) is 5.04.